The summed E-state index contributed by atoms with van der Waals surface area (Å²) in [6, 6.07) is 10.1. The van der Waals surface area contributed by atoms with Crippen LogP contribution in [0.2, 0.25) is 0 Å². The lowest BCUT2D eigenvalue weighted by molar-refractivity contribution is -0.115. The molecule has 4 aromatic rings. The van der Waals surface area contributed by atoms with Gasteiger partial charge >= 0.3 is 0 Å². The number of amides is 1. The molecule has 1 fully saturated rings. The number of methoxy groups -OCH3 is 1. The summed E-state index contributed by atoms with van der Waals surface area (Å²) in [7, 11) is 1.66. The quantitative estimate of drug-likeness (QED) is 0.286. The van der Waals surface area contributed by atoms with Gasteiger partial charge in [0.15, 0.2) is 5.65 Å². The third-order valence-corrected chi connectivity index (χ3v) is 8.87. The second-order valence-electron chi connectivity index (χ2n) is 10.6. The van der Waals surface area contributed by atoms with Crippen molar-refractivity contribution in [2.75, 3.05) is 47.2 Å². The number of benzene rings is 1. The summed E-state index contributed by atoms with van der Waals surface area (Å²) < 4.78 is 5.84. The van der Waals surface area contributed by atoms with Crippen LogP contribution in [0.25, 0.3) is 11.0 Å². The normalized spacial score (nSPS) is 15.7. The zero-order chi connectivity index (χ0) is 27.6. The molecular formula is C30H35N7O2S. The fraction of sp³-hybridized carbons (Fsp3) is 0.400. The second kappa shape index (κ2) is 11.3. The van der Waals surface area contributed by atoms with Crippen LogP contribution in [0.1, 0.15) is 43.6 Å². The van der Waals surface area contributed by atoms with Crippen LogP contribution in [0, 0.1) is 5.92 Å². The smallest absolute Gasteiger partial charge is 0.231 e. The Hall–Kier alpha value is -3.92. The number of fused-ring (bicyclic) bond motifs is 2. The van der Waals surface area contributed by atoms with E-state index in [1.165, 1.54) is 10.4 Å². The van der Waals surface area contributed by atoms with Gasteiger partial charge < -0.3 is 25.2 Å². The third-order valence-electron chi connectivity index (χ3n) is 7.84. The van der Waals surface area contributed by atoms with E-state index in [-0.39, 0.29) is 5.91 Å². The van der Waals surface area contributed by atoms with Crippen LogP contribution in [-0.4, -0.2) is 47.6 Å². The van der Waals surface area contributed by atoms with Gasteiger partial charge in [0.2, 0.25) is 11.9 Å². The monoisotopic (exact) mass is 557 g/mol. The molecule has 208 valence electrons. The van der Waals surface area contributed by atoms with Crippen molar-refractivity contribution in [2.24, 2.45) is 5.92 Å². The van der Waals surface area contributed by atoms with Gasteiger partial charge in [-0.05, 0) is 60.4 Å². The van der Waals surface area contributed by atoms with Gasteiger partial charge in [0.05, 0.1) is 29.6 Å². The number of aromatic nitrogens is 3. The van der Waals surface area contributed by atoms with Gasteiger partial charge in [-0.1, -0.05) is 13.8 Å². The summed E-state index contributed by atoms with van der Waals surface area (Å²) in [5.74, 6) is 2.62. The molecule has 6 rings (SSSR count). The van der Waals surface area contributed by atoms with Crippen molar-refractivity contribution >= 4 is 57.1 Å². The van der Waals surface area contributed by atoms with Crippen LogP contribution < -0.4 is 25.2 Å². The van der Waals surface area contributed by atoms with E-state index in [1.54, 1.807) is 13.3 Å². The van der Waals surface area contributed by atoms with Gasteiger partial charge in [0.1, 0.15) is 11.6 Å². The van der Waals surface area contributed by atoms with Gasteiger partial charge in [0, 0.05) is 49.7 Å². The van der Waals surface area contributed by atoms with Gasteiger partial charge in [-0.15, -0.1) is 11.3 Å². The Bertz CT molecular complexity index is 1530. The fourth-order valence-corrected chi connectivity index (χ4v) is 6.37. The molecule has 5 heterocycles. The number of carbonyl (C=O) groups is 1. The zero-order valence-electron chi connectivity index (χ0n) is 23.2. The second-order valence-corrected chi connectivity index (χ2v) is 11.6. The molecular weight excluding hydrogens is 522 g/mol. The Kier molecular flexibility index (Phi) is 7.42. The highest BCUT2D eigenvalue weighted by atomic mass is 32.1. The van der Waals surface area contributed by atoms with E-state index >= 15 is 0 Å². The van der Waals surface area contributed by atoms with E-state index in [0.717, 1.165) is 68.0 Å². The summed E-state index contributed by atoms with van der Waals surface area (Å²) in [4.78, 5) is 32.9. The lowest BCUT2D eigenvalue weighted by atomic mass is 9.98. The number of pyridine rings is 1. The van der Waals surface area contributed by atoms with E-state index in [2.05, 4.69) is 43.8 Å². The van der Waals surface area contributed by atoms with Crippen molar-refractivity contribution in [2.45, 2.75) is 46.1 Å². The van der Waals surface area contributed by atoms with Crippen molar-refractivity contribution in [3.63, 3.8) is 0 Å². The number of nitrogens with zero attached hydrogens (tertiary/aromatic N) is 5. The summed E-state index contributed by atoms with van der Waals surface area (Å²) in [5.41, 5.74) is 4.39. The van der Waals surface area contributed by atoms with Crippen LogP contribution in [0.3, 0.4) is 0 Å². The van der Waals surface area contributed by atoms with Crippen molar-refractivity contribution < 1.29 is 9.53 Å². The lowest BCUT2D eigenvalue weighted by Gasteiger charge is -2.34. The Balaban J connectivity index is 1.38. The first kappa shape index (κ1) is 26.3. The topological polar surface area (TPSA) is 95.5 Å². The molecule has 0 aliphatic carbocycles. The first-order valence-corrected chi connectivity index (χ1v) is 14.9. The van der Waals surface area contributed by atoms with Crippen molar-refractivity contribution in [3.05, 3.63) is 52.3 Å². The zero-order valence-corrected chi connectivity index (χ0v) is 24.1. The summed E-state index contributed by atoms with van der Waals surface area (Å²) >= 11 is 1.82. The Labute approximate surface area is 238 Å². The molecule has 2 aliphatic heterocycles. The van der Waals surface area contributed by atoms with E-state index in [9.17, 15) is 4.79 Å². The molecule has 0 bridgehead atoms. The SMILES string of the molecule is CCC(=O)Nc1cc(Nc2nc(N3CCc4sccc4C3)c3cccnc3n2)c(OC)cc1N1CCC(C)CC1. The predicted octanol–water partition coefficient (Wildman–Crippen LogP) is 5.99. The lowest BCUT2D eigenvalue weighted by Crippen LogP contribution is -2.33. The van der Waals surface area contributed by atoms with Gasteiger partial charge in [-0.3, -0.25) is 4.79 Å². The van der Waals surface area contributed by atoms with E-state index in [0.29, 0.717) is 35.4 Å². The number of hydrogen-bond donors (Lipinski definition) is 2. The highest BCUT2D eigenvalue weighted by molar-refractivity contribution is 7.10. The van der Waals surface area contributed by atoms with Gasteiger partial charge in [0.25, 0.3) is 0 Å². The Morgan fingerprint density at radius 1 is 1.12 bits per heavy atom. The minimum atomic E-state index is -0.0333. The van der Waals surface area contributed by atoms with Gasteiger partial charge in [-0.2, -0.15) is 9.97 Å². The first-order chi connectivity index (χ1) is 19.5. The number of carbonyl (C=O) groups excluding carboxylic acids is 1. The minimum Gasteiger partial charge on any atom is -0.494 e. The Morgan fingerprint density at radius 2 is 1.98 bits per heavy atom. The molecule has 9 nitrogen and oxygen atoms in total. The third kappa shape index (κ3) is 5.28. The molecule has 1 amide bonds. The van der Waals surface area contributed by atoms with Crippen LogP contribution in [0.15, 0.2) is 41.9 Å². The van der Waals surface area contributed by atoms with Crippen LogP contribution in [-0.2, 0) is 17.8 Å². The number of nitrogens with one attached hydrogen (secondary N) is 2. The maximum Gasteiger partial charge on any atom is 0.231 e. The molecule has 0 atom stereocenters. The highest BCUT2D eigenvalue weighted by Crippen LogP contribution is 2.40. The average Bonchev–Trinajstić information content (AvgIpc) is 3.45. The molecule has 40 heavy (non-hydrogen) atoms. The van der Waals surface area contributed by atoms with Crippen LogP contribution in [0.4, 0.5) is 28.8 Å². The number of ether oxygens (including phenoxy) is 1. The summed E-state index contributed by atoms with van der Waals surface area (Å²) in [6.45, 7) is 7.72. The fourth-order valence-electron chi connectivity index (χ4n) is 5.48. The van der Waals surface area contributed by atoms with Crippen molar-refractivity contribution in [1.82, 2.24) is 15.0 Å². The molecule has 0 spiro atoms. The molecule has 0 saturated carbocycles. The number of anilines is 5. The van der Waals surface area contributed by atoms with E-state index in [4.69, 9.17) is 14.7 Å². The van der Waals surface area contributed by atoms with Gasteiger partial charge in [-0.25, -0.2) is 4.98 Å². The minimum absolute atomic E-state index is 0.0333. The summed E-state index contributed by atoms with van der Waals surface area (Å²) in [5, 5.41) is 9.59. The molecule has 0 radical (unpaired) electrons. The largest absolute Gasteiger partial charge is 0.494 e. The number of rotatable bonds is 7. The van der Waals surface area contributed by atoms with Crippen molar-refractivity contribution in [3.8, 4) is 5.75 Å². The average molecular weight is 558 g/mol. The highest BCUT2D eigenvalue weighted by Gasteiger charge is 2.24. The molecule has 10 heteroatoms. The maximum absolute atomic E-state index is 12.5. The number of thiophene rings is 1. The molecule has 2 N–H and O–H groups in total. The summed E-state index contributed by atoms with van der Waals surface area (Å²) in [6.07, 6.45) is 5.38. The molecule has 0 unspecified atom stereocenters. The van der Waals surface area contributed by atoms with Crippen molar-refractivity contribution in [1.29, 1.82) is 0 Å². The maximum atomic E-state index is 12.5. The standard InChI is InChI=1S/C30H35N7O2S/c1-4-27(38)32-22-16-23(25(39-3)17-24(22)36-12-7-19(2)8-13-36)33-30-34-28-21(6-5-11-31-28)29(35-30)37-14-9-26-20(18-37)10-15-40-26/h5-6,10-11,15-17,19H,4,7-9,12-14,18H2,1-3H3,(H,32,38)(H,31,33,34,35). The first-order valence-electron chi connectivity index (χ1n) is 14.0. The van der Waals surface area contributed by atoms with E-state index < -0.39 is 0 Å². The number of hydrogen-bond acceptors (Lipinski definition) is 9. The molecule has 3 aromatic heterocycles. The van der Waals surface area contributed by atoms with Crippen LogP contribution >= 0.6 is 11.3 Å². The molecule has 1 aromatic carbocycles. The Morgan fingerprint density at radius 3 is 2.77 bits per heavy atom. The van der Waals surface area contributed by atoms with E-state index in [1.807, 2.05) is 42.5 Å². The number of piperidine rings is 1. The molecule has 2 aliphatic rings. The molecule has 1 saturated heterocycles. The predicted molar refractivity (Wildman–Crippen MR) is 162 cm³/mol. The van der Waals surface area contributed by atoms with Crippen LogP contribution in [0.5, 0.6) is 5.75 Å².